The summed E-state index contributed by atoms with van der Waals surface area (Å²) in [6, 6.07) is 6.12. The zero-order valence-electron chi connectivity index (χ0n) is 15.1. The summed E-state index contributed by atoms with van der Waals surface area (Å²) in [5.74, 6) is 0.890. The van der Waals surface area contributed by atoms with Crippen molar-refractivity contribution in [3.05, 3.63) is 41.3 Å². The molecule has 2 aliphatic heterocycles. The Morgan fingerprint density at radius 3 is 3.04 bits per heavy atom. The molecule has 0 radical (unpaired) electrons. The number of hydrogen-bond donors (Lipinski definition) is 1. The van der Waals surface area contributed by atoms with E-state index in [1.165, 1.54) is 0 Å². The zero-order chi connectivity index (χ0) is 18.1. The quantitative estimate of drug-likeness (QED) is 0.912. The molecule has 1 N–H and O–H groups in total. The third-order valence-electron chi connectivity index (χ3n) is 4.96. The lowest BCUT2D eigenvalue weighted by atomic mass is 10.0. The molecule has 1 amide bonds. The highest BCUT2D eigenvalue weighted by molar-refractivity contribution is 5.79. The lowest BCUT2D eigenvalue weighted by Crippen LogP contribution is -2.38. The summed E-state index contributed by atoms with van der Waals surface area (Å²) < 4.78 is 11.5. The molecule has 1 aromatic heterocycles. The Kier molecular flexibility index (Phi) is 4.59. The van der Waals surface area contributed by atoms with Crippen LogP contribution in [0.1, 0.15) is 23.4 Å². The van der Waals surface area contributed by atoms with Crippen LogP contribution in [0.15, 0.2) is 24.4 Å². The van der Waals surface area contributed by atoms with Crippen molar-refractivity contribution in [3.8, 4) is 17.0 Å². The highest BCUT2D eigenvalue weighted by Crippen LogP contribution is 2.38. The van der Waals surface area contributed by atoms with Crippen LogP contribution in [0.4, 0.5) is 0 Å². The molecule has 2 aromatic rings. The summed E-state index contributed by atoms with van der Waals surface area (Å²) in [5.41, 5.74) is 4.73. The lowest BCUT2D eigenvalue weighted by molar-refractivity contribution is -0.125. The van der Waals surface area contributed by atoms with Crippen LogP contribution in [-0.4, -0.2) is 41.7 Å². The Bertz CT molecular complexity index is 831. The van der Waals surface area contributed by atoms with Crippen molar-refractivity contribution in [1.29, 1.82) is 0 Å². The van der Waals surface area contributed by atoms with Gasteiger partial charge in [-0.05, 0) is 31.9 Å². The van der Waals surface area contributed by atoms with Crippen LogP contribution in [0.5, 0.6) is 5.75 Å². The average molecular weight is 353 g/mol. The fraction of sp³-hybridized carbons (Fsp3) is 0.450. The van der Waals surface area contributed by atoms with Crippen molar-refractivity contribution in [3.63, 3.8) is 0 Å². The van der Waals surface area contributed by atoms with Crippen LogP contribution in [0, 0.1) is 19.8 Å². The van der Waals surface area contributed by atoms with Gasteiger partial charge in [-0.2, -0.15) is 0 Å². The summed E-state index contributed by atoms with van der Waals surface area (Å²) >= 11 is 0. The second-order valence-corrected chi connectivity index (χ2v) is 6.99. The molecule has 0 bridgehead atoms. The Morgan fingerprint density at radius 1 is 1.35 bits per heavy atom. The van der Waals surface area contributed by atoms with Gasteiger partial charge in [-0.3, -0.25) is 9.78 Å². The maximum absolute atomic E-state index is 12.2. The van der Waals surface area contributed by atoms with Gasteiger partial charge in [0.2, 0.25) is 5.91 Å². The predicted molar refractivity (Wildman–Crippen MR) is 97.0 cm³/mol. The van der Waals surface area contributed by atoms with Crippen molar-refractivity contribution in [1.82, 2.24) is 15.3 Å². The van der Waals surface area contributed by atoms with Crippen LogP contribution in [-0.2, 0) is 16.0 Å². The van der Waals surface area contributed by atoms with Gasteiger partial charge in [0.15, 0.2) is 0 Å². The van der Waals surface area contributed by atoms with E-state index in [2.05, 4.69) is 21.4 Å². The SMILES string of the molecule is Cc1cnc(C)c(-c2cccc3c2O[C@@H](CNC(=O)[C@H]2CCOC2)C3)n1. The summed E-state index contributed by atoms with van der Waals surface area (Å²) in [4.78, 5) is 21.2. The molecule has 3 heterocycles. The number of carbonyl (C=O) groups excluding carboxylic acids is 1. The van der Waals surface area contributed by atoms with Gasteiger partial charge < -0.3 is 14.8 Å². The first-order chi connectivity index (χ1) is 12.6. The van der Waals surface area contributed by atoms with E-state index in [0.717, 1.165) is 46.8 Å². The van der Waals surface area contributed by atoms with Gasteiger partial charge in [-0.25, -0.2) is 4.98 Å². The number of nitrogens with zero attached hydrogens (tertiary/aromatic N) is 2. The van der Waals surface area contributed by atoms with E-state index in [1.54, 1.807) is 6.20 Å². The largest absolute Gasteiger partial charge is 0.487 e. The minimum Gasteiger partial charge on any atom is -0.487 e. The summed E-state index contributed by atoms with van der Waals surface area (Å²) in [6.07, 6.45) is 3.29. The fourth-order valence-electron chi connectivity index (χ4n) is 3.53. The molecule has 6 heteroatoms. The number of nitrogens with one attached hydrogen (secondary N) is 1. The maximum Gasteiger partial charge on any atom is 0.225 e. The van der Waals surface area contributed by atoms with E-state index in [4.69, 9.17) is 9.47 Å². The molecule has 4 rings (SSSR count). The number of fused-ring (bicyclic) bond motifs is 1. The molecule has 26 heavy (non-hydrogen) atoms. The smallest absolute Gasteiger partial charge is 0.225 e. The number of hydrogen-bond acceptors (Lipinski definition) is 5. The number of carbonyl (C=O) groups is 1. The number of rotatable bonds is 4. The van der Waals surface area contributed by atoms with Crippen LogP contribution >= 0.6 is 0 Å². The molecule has 1 aromatic carbocycles. The first-order valence-electron chi connectivity index (χ1n) is 9.06. The maximum atomic E-state index is 12.2. The standard InChI is InChI=1S/C20H23N3O3/c1-12-9-21-13(2)18(23-12)17-5-3-4-14-8-16(26-19(14)17)10-22-20(24)15-6-7-25-11-15/h3-5,9,15-16H,6-8,10-11H2,1-2H3,(H,22,24)/t15-,16+/m0/s1. The molecule has 1 fully saturated rings. The van der Waals surface area contributed by atoms with Crippen molar-refractivity contribution in [2.75, 3.05) is 19.8 Å². The monoisotopic (exact) mass is 353 g/mol. The van der Waals surface area contributed by atoms with Gasteiger partial charge in [0.05, 0.1) is 36.2 Å². The molecule has 1 saturated heterocycles. The van der Waals surface area contributed by atoms with E-state index >= 15 is 0 Å². The van der Waals surface area contributed by atoms with Gasteiger partial charge in [0, 0.05) is 24.8 Å². The molecular formula is C20H23N3O3. The van der Waals surface area contributed by atoms with Gasteiger partial charge >= 0.3 is 0 Å². The predicted octanol–water partition coefficient (Wildman–Crippen LogP) is 2.22. The second-order valence-electron chi connectivity index (χ2n) is 6.99. The summed E-state index contributed by atoms with van der Waals surface area (Å²) in [5, 5.41) is 3.01. The molecule has 6 nitrogen and oxygen atoms in total. The van der Waals surface area contributed by atoms with E-state index in [0.29, 0.717) is 19.8 Å². The Labute approximate surface area is 153 Å². The van der Waals surface area contributed by atoms with Gasteiger partial charge in [0.25, 0.3) is 0 Å². The number of ether oxygens (including phenoxy) is 2. The summed E-state index contributed by atoms with van der Waals surface area (Å²) in [6.45, 7) is 5.58. The van der Waals surface area contributed by atoms with Crippen molar-refractivity contribution in [2.45, 2.75) is 32.8 Å². The Hall–Kier alpha value is -2.47. The average Bonchev–Trinajstić information content (AvgIpc) is 3.30. The third kappa shape index (κ3) is 3.29. The topological polar surface area (TPSA) is 73.3 Å². The number of benzene rings is 1. The van der Waals surface area contributed by atoms with Crippen molar-refractivity contribution in [2.24, 2.45) is 5.92 Å². The molecule has 0 unspecified atom stereocenters. The van der Waals surface area contributed by atoms with Gasteiger partial charge in [-0.15, -0.1) is 0 Å². The first-order valence-corrected chi connectivity index (χ1v) is 9.06. The van der Waals surface area contributed by atoms with Crippen LogP contribution in [0.3, 0.4) is 0 Å². The van der Waals surface area contributed by atoms with E-state index in [9.17, 15) is 4.79 Å². The minimum atomic E-state index is -0.0597. The molecule has 2 atom stereocenters. The van der Waals surface area contributed by atoms with E-state index in [1.807, 2.05) is 26.0 Å². The lowest BCUT2D eigenvalue weighted by Gasteiger charge is -2.15. The normalized spacial score (nSPS) is 21.3. The van der Waals surface area contributed by atoms with Gasteiger partial charge in [0.1, 0.15) is 11.9 Å². The van der Waals surface area contributed by atoms with Crippen LogP contribution in [0.2, 0.25) is 0 Å². The number of para-hydroxylation sites is 1. The molecule has 136 valence electrons. The van der Waals surface area contributed by atoms with E-state index < -0.39 is 0 Å². The Balaban J connectivity index is 1.49. The first kappa shape index (κ1) is 17.0. The van der Waals surface area contributed by atoms with Crippen molar-refractivity contribution < 1.29 is 14.3 Å². The Morgan fingerprint density at radius 2 is 2.23 bits per heavy atom. The molecule has 0 spiro atoms. The molecular weight excluding hydrogens is 330 g/mol. The fourth-order valence-corrected chi connectivity index (χ4v) is 3.53. The second kappa shape index (κ2) is 7.03. The van der Waals surface area contributed by atoms with Crippen LogP contribution in [0.25, 0.3) is 11.3 Å². The summed E-state index contributed by atoms with van der Waals surface area (Å²) in [7, 11) is 0. The van der Waals surface area contributed by atoms with Gasteiger partial charge in [-0.1, -0.05) is 12.1 Å². The number of amides is 1. The van der Waals surface area contributed by atoms with Crippen molar-refractivity contribution >= 4 is 5.91 Å². The third-order valence-corrected chi connectivity index (χ3v) is 4.96. The number of aryl methyl sites for hydroxylation is 2. The molecule has 2 aliphatic rings. The highest BCUT2D eigenvalue weighted by Gasteiger charge is 2.29. The zero-order valence-corrected chi connectivity index (χ0v) is 15.1. The molecule has 0 aliphatic carbocycles. The molecule has 0 saturated carbocycles. The number of aromatic nitrogens is 2. The van der Waals surface area contributed by atoms with E-state index in [-0.39, 0.29) is 17.9 Å². The van der Waals surface area contributed by atoms with Crippen LogP contribution < -0.4 is 10.1 Å². The minimum absolute atomic E-state index is 0.0282. The highest BCUT2D eigenvalue weighted by atomic mass is 16.5.